The van der Waals surface area contributed by atoms with Gasteiger partial charge < -0.3 is 10.8 Å². The van der Waals surface area contributed by atoms with Crippen molar-refractivity contribution in [2.45, 2.75) is 78.2 Å². The molecule has 1 spiro atoms. The molecule has 0 aliphatic heterocycles. The molecule has 0 radical (unpaired) electrons. The molecule has 186 valence electrons. The van der Waals surface area contributed by atoms with Crippen molar-refractivity contribution >= 4 is 0 Å². The summed E-state index contributed by atoms with van der Waals surface area (Å²) >= 11 is 0. The molecule has 3 heteroatoms. The molecule has 1 unspecified atom stereocenters. The number of allylic oxidation sites excluding steroid dienone is 2. The highest BCUT2D eigenvalue weighted by atomic mass is 16.3. The second kappa shape index (κ2) is 12.0. The van der Waals surface area contributed by atoms with E-state index >= 15 is 0 Å². The Morgan fingerprint density at radius 2 is 1.77 bits per heavy atom. The fourth-order valence-corrected chi connectivity index (χ4v) is 5.22. The van der Waals surface area contributed by atoms with Crippen molar-refractivity contribution in [1.29, 1.82) is 0 Å². The first-order chi connectivity index (χ1) is 16.7. The van der Waals surface area contributed by atoms with Crippen LogP contribution in [0.15, 0.2) is 73.7 Å². The minimum absolute atomic E-state index is 0.0628. The molecule has 3 nitrogen and oxygen atoms in total. The first kappa shape index (κ1) is 28.1. The Morgan fingerprint density at radius 3 is 2.31 bits per heavy atom. The number of aliphatic hydroxyl groups is 1. The van der Waals surface area contributed by atoms with Gasteiger partial charge >= 0.3 is 0 Å². The van der Waals surface area contributed by atoms with Crippen LogP contribution in [0.3, 0.4) is 0 Å². The van der Waals surface area contributed by atoms with Crippen molar-refractivity contribution in [3.05, 3.63) is 90.4 Å². The molecule has 1 aromatic heterocycles. The van der Waals surface area contributed by atoms with E-state index in [1.165, 1.54) is 16.7 Å². The number of hydrogen-bond donors (Lipinski definition) is 2. The molecule has 2 aliphatic carbocycles. The molecule has 0 saturated heterocycles. The van der Waals surface area contributed by atoms with Crippen molar-refractivity contribution in [2.75, 3.05) is 0 Å². The van der Waals surface area contributed by atoms with Gasteiger partial charge in [0.2, 0.25) is 0 Å². The zero-order valence-corrected chi connectivity index (χ0v) is 22.2. The summed E-state index contributed by atoms with van der Waals surface area (Å²) in [7, 11) is 0. The van der Waals surface area contributed by atoms with E-state index in [0.29, 0.717) is 5.70 Å². The van der Waals surface area contributed by atoms with Crippen molar-refractivity contribution in [2.24, 2.45) is 11.1 Å². The van der Waals surface area contributed by atoms with E-state index in [9.17, 15) is 5.11 Å². The monoisotopic (exact) mass is 470 g/mol. The zero-order valence-electron chi connectivity index (χ0n) is 22.2. The van der Waals surface area contributed by atoms with E-state index in [2.05, 4.69) is 73.8 Å². The number of fused-ring (bicyclic) bond motifs is 1. The number of aromatic nitrogens is 1. The topological polar surface area (TPSA) is 59.1 Å². The molecule has 35 heavy (non-hydrogen) atoms. The molecule has 0 bridgehead atoms. The van der Waals surface area contributed by atoms with E-state index in [1.54, 1.807) is 0 Å². The minimum Gasteiger partial charge on any atom is -0.399 e. The Morgan fingerprint density at radius 1 is 1.14 bits per heavy atom. The molecule has 2 aliphatic rings. The first-order valence-electron chi connectivity index (χ1n) is 12.6. The van der Waals surface area contributed by atoms with Crippen LogP contribution < -0.4 is 5.73 Å². The highest BCUT2D eigenvalue weighted by Gasteiger charge is 2.53. The minimum atomic E-state index is -0.141. The smallest absolute Gasteiger partial charge is 0.0540 e. The van der Waals surface area contributed by atoms with Crippen LogP contribution in [0.5, 0.6) is 0 Å². The third kappa shape index (κ3) is 5.95. The lowest BCUT2D eigenvalue weighted by atomic mass is 9.58. The molecule has 0 amide bonds. The molecule has 1 fully saturated rings. The maximum atomic E-state index is 10.0. The van der Waals surface area contributed by atoms with E-state index < -0.39 is 0 Å². The molecule has 4 rings (SSSR count). The molecule has 1 saturated carbocycles. The van der Waals surface area contributed by atoms with Gasteiger partial charge in [0.1, 0.15) is 0 Å². The lowest BCUT2D eigenvalue weighted by molar-refractivity contribution is 0.0377. The van der Waals surface area contributed by atoms with Crippen LogP contribution in [-0.2, 0) is 11.8 Å². The second-order valence-electron chi connectivity index (χ2n) is 9.61. The predicted molar refractivity (Wildman–Crippen MR) is 150 cm³/mol. The summed E-state index contributed by atoms with van der Waals surface area (Å²) < 4.78 is 0. The van der Waals surface area contributed by atoms with Crippen molar-refractivity contribution in [1.82, 2.24) is 4.98 Å². The average Bonchev–Trinajstić information content (AvgIpc) is 3.10. The van der Waals surface area contributed by atoms with Crippen molar-refractivity contribution < 1.29 is 5.11 Å². The van der Waals surface area contributed by atoms with Gasteiger partial charge in [-0.25, -0.2) is 0 Å². The van der Waals surface area contributed by atoms with Crippen LogP contribution in [0, 0.1) is 17.3 Å². The third-order valence-electron chi connectivity index (χ3n) is 7.51. The number of nitrogens with two attached hydrogens (primary N) is 1. The number of pyridine rings is 1. The van der Waals surface area contributed by atoms with Gasteiger partial charge in [-0.15, -0.1) is 12.5 Å². The van der Waals surface area contributed by atoms with E-state index in [4.69, 9.17) is 5.73 Å². The van der Waals surface area contributed by atoms with E-state index in [1.807, 2.05) is 40.1 Å². The summed E-state index contributed by atoms with van der Waals surface area (Å²) in [5, 5.41) is 10.0. The third-order valence-corrected chi connectivity index (χ3v) is 7.51. The molecular weight excluding hydrogens is 428 g/mol. The summed E-state index contributed by atoms with van der Waals surface area (Å²) in [5.41, 5.74) is 12.7. The molecule has 3 N–H and O–H groups in total. The second-order valence-corrected chi connectivity index (χ2v) is 9.61. The van der Waals surface area contributed by atoms with Crippen LogP contribution in [0.1, 0.15) is 77.0 Å². The standard InChI is InChI=1S/C25H27NO.C5H9N.C2H6/c1-4-6-18-13-21(17-26-16-18)19-7-8-20-15-25(11-9-22(27)10-12-25)24(3,5-2)23(20)14-19;1-4(2)5(3)6;1-2/h5,7-8,13-14,16-17,22,27H,2,9-12,15H2,1,3H3;1,3,6H2,2H3;1-2H3. The zero-order chi connectivity index (χ0) is 26.2. The molecule has 1 aromatic carbocycles. The van der Waals surface area contributed by atoms with Crippen LogP contribution in [0.25, 0.3) is 11.1 Å². The maximum absolute atomic E-state index is 10.0. The largest absolute Gasteiger partial charge is 0.399 e. The molecule has 2 aromatic rings. The van der Waals surface area contributed by atoms with Crippen molar-refractivity contribution in [3.8, 4) is 23.0 Å². The summed E-state index contributed by atoms with van der Waals surface area (Å²) in [6.45, 7) is 21.2. The predicted octanol–water partition coefficient (Wildman–Crippen LogP) is 7.10. The van der Waals surface area contributed by atoms with Gasteiger partial charge in [0.15, 0.2) is 0 Å². The van der Waals surface area contributed by atoms with Crippen LogP contribution in [0.4, 0.5) is 0 Å². The Kier molecular flexibility index (Phi) is 9.69. The highest BCUT2D eigenvalue weighted by Crippen LogP contribution is 2.59. The lowest BCUT2D eigenvalue weighted by Crippen LogP contribution is -2.42. The van der Waals surface area contributed by atoms with Crippen LogP contribution in [-0.4, -0.2) is 16.2 Å². The Bertz CT molecular complexity index is 1110. The Balaban J connectivity index is 0.000000474. The Labute approximate surface area is 212 Å². The van der Waals surface area contributed by atoms with Gasteiger partial charge in [0.25, 0.3) is 0 Å². The maximum Gasteiger partial charge on any atom is 0.0540 e. The number of rotatable bonds is 3. The number of aliphatic hydroxyl groups excluding tert-OH is 1. The van der Waals surface area contributed by atoms with Gasteiger partial charge in [-0.2, -0.15) is 0 Å². The van der Waals surface area contributed by atoms with E-state index in [0.717, 1.165) is 48.8 Å². The van der Waals surface area contributed by atoms with Gasteiger partial charge in [0, 0.05) is 34.6 Å². The summed E-state index contributed by atoms with van der Waals surface area (Å²) in [6, 6.07) is 8.93. The van der Waals surface area contributed by atoms with Gasteiger partial charge in [-0.3, -0.25) is 4.98 Å². The van der Waals surface area contributed by atoms with Crippen molar-refractivity contribution in [3.63, 3.8) is 0 Å². The first-order valence-corrected chi connectivity index (χ1v) is 12.6. The number of nitrogens with zero attached hydrogens (tertiary/aromatic N) is 1. The number of benzene rings is 1. The number of hydrogen-bond acceptors (Lipinski definition) is 3. The average molecular weight is 471 g/mol. The lowest BCUT2D eigenvalue weighted by Gasteiger charge is -2.46. The van der Waals surface area contributed by atoms with Gasteiger partial charge in [-0.05, 0) is 85.8 Å². The Hall–Kier alpha value is -3.09. The summed E-state index contributed by atoms with van der Waals surface area (Å²) in [5.74, 6) is 6.04. The summed E-state index contributed by atoms with van der Waals surface area (Å²) in [4.78, 5) is 4.37. The summed E-state index contributed by atoms with van der Waals surface area (Å²) in [6.07, 6.45) is 10.7. The highest BCUT2D eigenvalue weighted by molar-refractivity contribution is 5.67. The van der Waals surface area contributed by atoms with Gasteiger partial charge in [0.05, 0.1) is 6.10 Å². The van der Waals surface area contributed by atoms with Crippen LogP contribution >= 0.6 is 0 Å². The fourth-order valence-electron chi connectivity index (χ4n) is 5.22. The van der Waals surface area contributed by atoms with Crippen LogP contribution in [0.2, 0.25) is 0 Å². The quantitative estimate of drug-likeness (QED) is 0.286. The SMILES string of the molecule is C=C(C)C(=C)N.C=CC1(C)c2cc(-c3cncc(C#CC)c3)ccc2CC12CCC(O)CC2.CC. The molecular formula is C32H42N2O. The molecule has 1 heterocycles. The molecule has 1 atom stereocenters. The fraction of sp³-hybridized carbons (Fsp3) is 0.406. The van der Waals surface area contributed by atoms with E-state index in [-0.39, 0.29) is 16.9 Å². The van der Waals surface area contributed by atoms with Gasteiger partial charge in [-0.1, -0.05) is 58.1 Å². The normalized spacial score (nSPS) is 23.9.